The quantitative estimate of drug-likeness (QED) is 0.847. The molecule has 1 atom stereocenters. The minimum atomic E-state index is -0.414. The molecule has 2 heterocycles. The Kier molecular flexibility index (Phi) is 4.27. The third-order valence-corrected chi connectivity index (χ3v) is 4.08. The lowest BCUT2D eigenvalue weighted by molar-refractivity contribution is 0.0930. The second-order valence-electron chi connectivity index (χ2n) is 6.00. The first-order valence-electron chi connectivity index (χ1n) is 7.97. The summed E-state index contributed by atoms with van der Waals surface area (Å²) in [6.45, 7) is 2.04. The highest BCUT2D eigenvalue weighted by molar-refractivity contribution is 5.93. The van der Waals surface area contributed by atoms with Crippen LogP contribution in [-0.4, -0.2) is 25.4 Å². The van der Waals surface area contributed by atoms with Crippen molar-refractivity contribution in [3.8, 4) is 0 Å². The molecule has 0 unspecified atom stereocenters. The molecule has 2 aromatic heterocycles. The average Bonchev–Trinajstić information content (AvgIpc) is 3.28. The van der Waals surface area contributed by atoms with Crippen LogP contribution in [0.4, 0.5) is 0 Å². The normalized spacial score (nSPS) is 15.4. The molecule has 7 nitrogen and oxygen atoms in total. The lowest BCUT2D eigenvalue weighted by Gasteiger charge is -2.17. The summed E-state index contributed by atoms with van der Waals surface area (Å²) in [4.78, 5) is 35.8. The van der Waals surface area contributed by atoms with Gasteiger partial charge < -0.3 is 14.9 Å². The molecule has 2 N–H and O–H groups in total. The van der Waals surface area contributed by atoms with Crippen molar-refractivity contribution in [1.82, 2.24) is 24.8 Å². The van der Waals surface area contributed by atoms with Crippen LogP contribution in [0.3, 0.4) is 0 Å². The first-order chi connectivity index (χ1) is 11.1. The molecule has 1 saturated carbocycles. The maximum atomic E-state index is 12.4. The molecule has 0 bridgehead atoms. The van der Waals surface area contributed by atoms with Gasteiger partial charge >= 0.3 is 0 Å². The van der Waals surface area contributed by atoms with Crippen molar-refractivity contribution < 1.29 is 4.79 Å². The fourth-order valence-corrected chi connectivity index (χ4v) is 2.64. The fourth-order valence-electron chi connectivity index (χ4n) is 2.64. The second-order valence-corrected chi connectivity index (χ2v) is 6.00. The molecule has 2 aromatic rings. The number of hydrogen-bond donors (Lipinski definition) is 2. The molecule has 23 heavy (non-hydrogen) atoms. The fraction of sp³-hybridized carbons (Fsp3) is 0.500. The zero-order valence-electron chi connectivity index (χ0n) is 13.4. The number of nitrogens with one attached hydrogen (secondary N) is 2. The first-order valence-corrected chi connectivity index (χ1v) is 7.97. The molecule has 0 radical (unpaired) electrons. The Balaban J connectivity index is 1.79. The van der Waals surface area contributed by atoms with Crippen molar-refractivity contribution in [1.29, 1.82) is 0 Å². The van der Waals surface area contributed by atoms with Gasteiger partial charge in [-0.1, -0.05) is 13.3 Å². The molecule has 0 saturated heterocycles. The summed E-state index contributed by atoms with van der Waals surface area (Å²) >= 11 is 0. The van der Waals surface area contributed by atoms with E-state index in [2.05, 4.69) is 20.3 Å². The van der Waals surface area contributed by atoms with Gasteiger partial charge in [0.1, 0.15) is 17.2 Å². The zero-order chi connectivity index (χ0) is 16.4. The minimum Gasteiger partial charge on any atom is -0.342 e. The van der Waals surface area contributed by atoms with Gasteiger partial charge in [0.2, 0.25) is 0 Å². The van der Waals surface area contributed by atoms with Crippen LogP contribution in [0, 0.1) is 0 Å². The molecule has 1 amide bonds. The smallest absolute Gasteiger partial charge is 0.263 e. The molecular weight excluding hydrogens is 294 g/mol. The number of rotatable bonds is 6. The number of hydrogen-bond acceptors (Lipinski definition) is 4. The molecule has 3 rings (SSSR count). The van der Waals surface area contributed by atoms with Crippen LogP contribution < -0.4 is 10.9 Å². The highest BCUT2D eigenvalue weighted by Crippen LogP contribution is 2.37. The predicted molar refractivity (Wildman–Crippen MR) is 85.2 cm³/mol. The van der Waals surface area contributed by atoms with Gasteiger partial charge in [-0.25, -0.2) is 9.97 Å². The zero-order valence-corrected chi connectivity index (χ0v) is 13.4. The number of amides is 1. The first kappa shape index (κ1) is 15.5. The van der Waals surface area contributed by atoms with Gasteiger partial charge in [0.25, 0.3) is 11.5 Å². The Labute approximate surface area is 134 Å². The molecule has 0 spiro atoms. The van der Waals surface area contributed by atoms with Gasteiger partial charge in [-0.2, -0.15) is 0 Å². The summed E-state index contributed by atoms with van der Waals surface area (Å²) in [5.41, 5.74) is -0.334. The summed E-state index contributed by atoms with van der Waals surface area (Å²) in [5.74, 6) is 1.39. The maximum absolute atomic E-state index is 12.4. The molecule has 1 aliphatic carbocycles. The third-order valence-electron chi connectivity index (χ3n) is 4.08. The van der Waals surface area contributed by atoms with Gasteiger partial charge in [-0.15, -0.1) is 0 Å². The number of carbonyl (C=O) groups is 1. The van der Waals surface area contributed by atoms with E-state index < -0.39 is 5.91 Å². The SMILES string of the molecule is CCC[C@@H](NC(=O)c1cnc(C2CC2)[nH]c1=O)c1nccn1C. The molecule has 0 aliphatic heterocycles. The average molecular weight is 315 g/mol. The van der Waals surface area contributed by atoms with Crippen LogP contribution in [0.15, 0.2) is 23.4 Å². The standard InChI is InChI=1S/C16H21N5O2/c1-3-4-12(14-17-7-8-21(14)2)19-15(22)11-9-18-13(10-5-6-10)20-16(11)23/h7-10,12H,3-6H2,1-2H3,(H,19,22)(H,18,20,23)/t12-/m1/s1. The van der Waals surface area contributed by atoms with Gasteiger partial charge in [0, 0.05) is 31.6 Å². The van der Waals surface area contributed by atoms with Gasteiger partial charge in [0.05, 0.1) is 6.04 Å². The van der Waals surface area contributed by atoms with Crippen molar-refractivity contribution >= 4 is 5.91 Å². The Morgan fingerprint density at radius 3 is 2.83 bits per heavy atom. The van der Waals surface area contributed by atoms with E-state index in [4.69, 9.17) is 0 Å². The van der Waals surface area contributed by atoms with Crippen molar-refractivity contribution in [2.75, 3.05) is 0 Å². The van der Waals surface area contributed by atoms with Crippen molar-refractivity contribution in [3.05, 3.63) is 46.2 Å². The number of H-pyrrole nitrogens is 1. The van der Waals surface area contributed by atoms with E-state index in [9.17, 15) is 9.59 Å². The largest absolute Gasteiger partial charge is 0.342 e. The van der Waals surface area contributed by atoms with E-state index in [-0.39, 0.29) is 17.2 Å². The number of aromatic amines is 1. The summed E-state index contributed by atoms with van der Waals surface area (Å²) in [5, 5.41) is 2.90. The number of aryl methyl sites for hydroxylation is 1. The number of aromatic nitrogens is 4. The molecule has 1 fully saturated rings. The van der Waals surface area contributed by atoms with Gasteiger partial charge in [-0.05, 0) is 19.3 Å². The summed E-state index contributed by atoms with van der Waals surface area (Å²) < 4.78 is 1.87. The Morgan fingerprint density at radius 1 is 1.48 bits per heavy atom. The number of nitrogens with zero attached hydrogens (tertiary/aromatic N) is 3. The van der Waals surface area contributed by atoms with Crippen LogP contribution >= 0.6 is 0 Å². The van der Waals surface area contributed by atoms with E-state index in [0.717, 1.165) is 31.5 Å². The molecule has 0 aromatic carbocycles. The van der Waals surface area contributed by atoms with Crippen LogP contribution in [0.25, 0.3) is 0 Å². The van der Waals surface area contributed by atoms with Gasteiger partial charge in [0.15, 0.2) is 0 Å². The molecule has 7 heteroatoms. The monoisotopic (exact) mass is 315 g/mol. The van der Waals surface area contributed by atoms with Gasteiger partial charge in [-0.3, -0.25) is 9.59 Å². The summed E-state index contributed by atoms with van der Waals surface area (Å²) in [7, 11) is 1.88. The van der Waals surface area contributed by atoms with E-state index >= 15 is 0 Å². The van der Waals surface area contributed by atoms with Crippen LogP contribution in [-0.2, 0) is 7.05 Å². The maximum Gasteiger partial charge on any atom is 0.263 e. The van der Waals surface area contributed by atoms with E-state index in [1.54, 1.807) is 6.20 Å². The molecule has 122 valence electrons. The second kappa shape index (κ2) is 6.36. The highest BCUT2D eigenvalue weighted by Gasteiger charge is 2.27. The lowest BCUT2D eigenvalue weighted by Crippen LogP contribution is -2.34. The Hall–Kier alpha value is -2.44. The summed E-state index contributed by atoms with van der Waals surface area (Å²) in [6, 6.07) is -0.227. The van der Waals surface area contributed by atoms with E-state index in [0.29, 0.717) is 11.7 Å². The summed E-state index contributed by atoms with van der Waals surface area (Å²) in [6.07, 6.45) is 8.66. The topological polar surface area (TPSA) is 92.7 Å². The molecular formula is C16H21N5O2. The van der Waals surface area contributed by atoms with E-state index in [1.807, 2.05) is 24.7 Å². The lowest BCUT2D eigenvalue weighted by atomic mass is 10.1. The van der Waals surface area contributed by atoms with Crippen molar-refractivity contribution in [2.45, 2.75) is 44.6 Å². The van der Waals surface area contributed by atoms with Crippen molar-refractivity contribution in [2.24, 2.45) is 7.05 Å². The number of imidazole rings is 1. The Bertz CT molecular complexity index is 760. The number of carbonyl (C=O) groups excluding carboxylic acids is 1. The predicted octanol–water partition coefficient (Wildman–Crippen LogP) is 1.65. The van der Waals surface area contributed by atoms with E-state index in [1.165, 1.54) is 6.20 Å². The third kappa shape index (κ3) is 3.33. The Morgan fingerprint density at radius 2 is 2.26 bits per heavy atom. The highest BCUT2D eigenvalue weighted by atomic mass is 16.2. The minimum absolute atomic E-state index is 0.0460. The van der Waals surface area contributed by atoms with Crippen LogP contribution in [0.5, 0.6) is 0 Å². The molecule has 1 aliphatic rings. The van der Waals surface area contributed by atoms with Crippen LogP contribution in [0.1, 0.15) is 66.6 Å². The van der Waals surface area contributed by atoms with Crippen LogP contribution in [0.2, 0.25) is 0 Å². The van der Waals surface area contributed by atoms with Crippen molar-refractivity contribution in [3.63, 3.8) is 0 Å².